The van der Waals surface area contributed by atoms with Gasteiger partial charge in [0.15, 0.2) is 0 Å². The maximum absolute atomic E-state index is 13.8. The van der Waals surface area contributed by atoms with Crippen LogP contribution in [0.25, 0.3) is 0 Å². The number of hydrogen-bond acceptors (Lipinski definition) is 7. The predicted molar refractivity (Wildman–Crippen MR) is 178 cm³/mol. The molecule has 1 aromatic heterocycles. The number of urea groups is 1. The molecule has 4 N–H and O–H groups in total. The average Bonchev–Trinajstić information content (AvgIpc) is 3.23. The van der Waals surface area contributed by atoms with E-state index >= 15 is 0 Å². The summed E-state index contributed by atoms with van der Waals surface area (Å²) in [4.78, 5) is 32.5. The van der Waals surface area contributed by atoms with E-state index < -0.39 is 0 Å². The van der Waals surface area contributed by atoms with Crippen molar-refractivity contribution in [2.75, 3.05) is 36.4 Å². The van der Waals surface area contributed by atoms with Gasteiger partial charge in [-0.05, 0) is 60.0 Å². The number of amides is 3. The lowest BCUT2D eigenvalue weighted by Gasteiger charge is -2.34. The molecule has 13 heteroatoms. The summed E-state index contributed by atoms with van der Waals surface area (Å²) in [5.74, 6) is 0.828. The van der Waals surface area contributed by atoms with Crippen LogP contribution >= 0.6 is 24.8 Å². The smallest absolute Gasteiger partial charge is 0.317 e. The lowest BCUT2D eigenvalue weighted by Crippen LogP contribution is -2.51. The number of halogens is 2. The molecule has 0 aliphatic carbocycles. The van der Waals surface area contributed by atoms with Crippen LogP contribution in [0.5, 0.6) is 11.5 Å². The second kappa shape index (κ2) is 14.1. The second-order valence-corrected chi connectivity index (χ2v) is 11.1. The van der Waals surface area contributed by atoms with Gasteiger partial charge in [0.2, 0.25) is 0 Å². The number of benzene rings is 3. The molecule has 0 radical (unpaired) electrons. The Hall–Kier alpha value is -4.45. The van der Waals surface area contributed by atoms with Gasteiger partial charge in [0.05, 0.1) is 24.1 Å². The molecule has 2 aliphatic heterocycles. The number of aryl methyl sites for hydroxylation is 2. The van der Waals surface area contributed by atoms with Crippen LogP contribution in [0.15, 0.2) is 66.9 Å². The van der Waals surface area contributed by atoms with Gasteiger partial charge < -0.3 is 30.6 Å². The van der Waals surface area contributed by atoms with Crippen molar-refractivity contribution in [1.29, 1.82) is 0 Å². The Morgan fingerprint density at radius 2 is 1.67 bits per heavy atom. The lowest BCUT2D eigenvalue weighted by atomic mass is 10.0. The number of aromatic hydroxyl groups is 2. The number of aromatic nitrogens is 2. The molecule has 4 aromatic rings. The van der Waals surface area contributed by atoms with E-state index in [4.69, 9.17) is 0 Å². The first-order valence-electron chi connectivity index (χ1n) is 14.3. The van der Waals surface area contributed by atoms with Gasteiger partial charge in [-0.2, -0.15) is 5.10 Å². The Morgan fingerprint density at radius 1 is 0.956 bits per heavy atom. The molecule has 11 nitrogen and oxygen atoms in total. The standard InChI is InChI=1S/C32H35N7O4.2ClH/c1-21-13-23(31(42)39-20-25-18-34-36(2)30(25)35-28-5-3-4-6-29(28)39)7-8-24(21)17-33-32(43)38-11-9-37(10-12-38)19-22-14-26(40)16-27(41)15-22;;/h3-8,13-16,18,35,40-41H,9-12,17,19-20H2,1-2H3,(H,33,43);2*1H. The third-order valence-corrected chi connectivity index (χ3v) is 8.08. The van der Waals surface area contributed by atoms with Gasteiger partial charge in [-0.1, -0.05) is 18.2 Å². The van der Waals surface area contributed by atoms with Crippen LogP contribution in [0.3, 0.4) is 0 Å². The molecule has 238 valence electrons. The van der Waals surface area contributed by atoms with E-state index in [9.17, 15) is 19.8 Å². The number of phenolic OH excluding ortho intramolecular Hbond substituents is 2. The van der Waals surface area contributed by atoms with Gasteiger partial charge in [0.1, 0.15) is 17.3 Å². The first-order valence-corrected chi connectivity index (χ1v) is 14.3. The maximum atomic E-state index is 13.8. The topological polar surface area (TPSA) is 126 Å². The molecule has 1 saturated heterocycles. The number of carbonyl (C=O) groups is 2. The van der Waals surface area contributed by atoms with Gasteiger partial charge in [-0.3, -0.25) is 14.4 Å². The highest BCUT2D eigenvalue weighted by Crippen LogP contribution is 2.36. The molecule has 2 aliphatic rings. The van der Waals surface area contributed by atoms with E-state index in [1.54, 1.807) is 32.8 Å². The molecular weight excluding hydrogens is 617 g/mol. The quantitative estimate of drug-likeness (QED) is 0.241. The molecule has 0 atom stereocenters. The normalized spacial score (nSPS) is 14.2. The Balaban J connectivity index is 0.00000230. The Kier molecular flexibility index (Phi) is 10.5. The Morgan fingerprint density at radius 3 is 2.38 bits per heavy atom. The number of phenols is 2. The number of carbonyl (C=O) groups excluding carboxylic acids is 2. The van der Waals surface area contributed by atoms with Crippen LogP contribution in [-0.4, -0.2) is 67.9 Å². The number of rotatable bonds is 5. The fraction of sp³-hybridized carbons (Fsp3) is 0.281. The van der Waals surface area contributed by atoms with E-state index in [2.05, 4.69) is 20.6 Å². The molecule has 0 spiro atoms. The minimum absolute atomic E-state index is 0. The van der Waals surface area contributed by atoms with Crippen molar-refractivity contribution in [1.82, 2.24) is 24.9 Å². The molecular formula is C32H37Cl2N7O4. The highest BCUT2D eigenvalue weighted by molar-refractivity contribution is 6.08. The van der Waals surface area contributed by atoms with Crippen LogP contribution in [0.1, 0.15) is 32.6 Å². The second-order valence-electron chi connectivity index (χ2n) is 11.1. The summed E-state index contributed by atoms with van der Waals surface area (Å²) in [5.41, 5.74) is 5.85. The zero-order chi connectivity index (χ0) is 30.1. The van der Waals surface area contributed by atoms with Crippen LogP contribution in [0.4, 0.5) is 22.0 Å². The Bertz CT molecular complexity index is 1670. The number of fused-ring (bicyclic) bond motifs is 2. The molecule has 3 heterocycles. The van der Waals surface area contributed by atoms with E-state index in [1.165, 1.54) is 6.07 Å². The van der Waals surface area contributed by atoms with Crippen LogP contribution in [0.2, 0.25) is 0 Å². The summed E-state index contributed by atoms with van der Waals surface area (Å²) in [6.07, 6.45) is 1.78. The van der Waals surface area contributed by atoms with Gasteiger partial charge >= 0.3 is 6.03 Å². The van der Waals surface area contributed by atoms with E-state index in [1.807, 2.05) is 56.4 Å². The summed E-state index contributed by atoms with van der Waals surface area (Å²) in [7, 11) is 1.87. The highest BCUT2D eigenvalue weighted by Gasteiger charge is 2.27. The molecule has 3 aromatic carbocycles. The number of piperazine rings is 1. The van der Waals surface area contributed by atoms with Gasteiger partial charge in [-0.25, -0.2) is 4.79 Å². The summed E-state index contributed by atoms with van der Waals surface area (Å²) in [5, 5.41) is 30.3. The van der Waals surface area contributed by atoms with Crippen molar-refractivity contribution < 1.29 is 19.8 Å². The number of hydrogen-bond donors (Lipinski definition) is 4. The number of anilines is 3. The number of nitrogens with zero attached hydrogens (tertiary/aromatic N) is 5. The molecule has 0 bridgehead atoms. The summed E-state index contributed by atoms with van der Waals surface area (Å²) < 4.78 is 1.77. The lowest BCUT2D eigenvalue weighted by molar-refractivity contribution is 0.0985. The Labute approximate surface area is 274 Å². The third kappa shape index (κ3) is 7.28. The van der Waals surface area contributed by atoms with Gasteiger partial charge in [0, 0.05) is 63.5 Å². The molecule has 3 amide bonds. The minimum atomic E-state index is -0.129. The molecule has 1 fully saturated rings. The molecule has 0 unspecified atom stereocenters. The molecule has 0 saturated carbocycles. The monoisotopic (exact) mass is 653 g/mol. The van der Waals surface area contributed by atoms with Crippen LogP contribution in [0, 0.1) is 6.92 Å². The zero-order valence-electron chi connectivity index (χ0n) is 25.1. The largest absolute Gasteiger partial charge is 0.508 e. The maximum Gasteiger partial charge on any atom is 0.317 e. The van der Waals surface area contributed by atoms with E-state index in [0.29, 0.717) is 51.4 Å². The summed E-state index contributed by atoms with van der Waals surface area (Å²) in [6.45, 7) is 5.83. The third-order valence-electron chi connectivity index (χ3n) is 8.08. The molecule has 45 heavy (non-hydrogen) atoms. The summed E-state index contributed by atoms with van der Waals surface area (Å²) in [6, 6.07) is 17.8. The fourth-order valence-corrected chi connectivity index (χ4v) is 5.72. The van der Waals surface area contributed by atoms with E-state index in [0.717, 1.165) is 39.4 Å². The van der Waals surface area contributed by atoms with Crippen molar-refractivity contribution >= 4 is 53.9 Å². The SMILES string of the molecule is Cc1cc(C(=O)N2Cc3cnn(C)c3Nc3ccccc32)ccc1CNC(=O)N1CCN(Cc2cc(O)cc(O)c2)CC1.Cl.Cl. The zero-order valence-corrected chi connectivity index (χ0v) is 26.7. The van der Waals surface area contributed by atoms with Crippen LogP contribution in [-0.2, 0) is 26.7 Å². The average molecular weight is 655 g/mol. The van der Waals surface area contributed by atoms with E-state index in [-0.39, 0.29) is 48.3 Å². The van der Waals surface area contributed by atoms with Gasteiger partial charge in [-0.15, -0.1) is 24.8 Å². The van der Waals surface area contributed by atoms with Crippen molar-refractivity contribution in [3.63, 3.8) is 0 Å². The number of nitrogens with one attached hydrogen (secondary N) is 2. The van der Waals surface area contributed by atoms with Gasteiger partial charge in [0.25, 0.3) is 5.91 Å². The van der Waals surface area contributed by atoms with Crippen molar-refractivity contribution in [2.24, 2.45) is 7.05 Å². The first kappa shape index (κ1) is 33.4. The fourth-order valence-electron chi connectivity index (χ4n) is 5.72. The van der Waals surface area contributed by atoms with Crippen molar-refractivity contribution in [2.45, 2.75) is 26.6 Å². The molecule has 6 rings (SSSR count). The predicted octanol–water partition coefficient (Wildman–Crippen LogP) is 4.91. The van der Waals surface area contributed by atoms with Crippen LogP contribution < -0.4 is 15.5 Å². The van der Waals surface area contributed by atoms with Crippen molar-refractivity contribution in [3.8, 4) is 11.5 Å². The first-order chi connectivity index (χ1) is 20.7. The number of para-hydroxylation sites is 2. The minimum Gasteiger partial charge on any atom is -0.508 e. The van der Waals surface area contributed by atoms with Crippen molar-refractivity contribution in [3.05, 3.63) is 94.7 Å². The highest BCUT2D eigenvalue weighted by atomic mass is 35.5. The summed E-state index contributed by atoms with van der Waals surface area (Å²) >= 11 is 0.